The number of benzene rings is 1. The van der Waals surface area contributed by atoms with Gasteiger partial charge in [-0.05, 0) is 30.3 Å². The first-order valence-corrected chi connectivity index (χ1v) is 6.99. The zero-order chi connectivity index (χ0) is 13.1. The van der Waals surface area contributed by atoms with Crippen molar-refractivity contribution in [2.24, 2.45) is 7.05 Å². The molecule has 0 saturated heterocycles. The van der Waals surface area contributed by atoms with E-state index in [1.54, 1.807) is 12.1 Å². The Kier molecular flexibility index (Phi) is 4.24. The van der Waals surface area contributed by atoms with Crippen molar-refractivity contribution < 1.29 is 4.79 Å². The smallest absolute Gasteiger partial charge is 0.251 e. The fourth-order valence-corrected chi connectivity index (χ4v) is 2.93. The van der Waals surface area contributed by atoms with Crippen molar-refractivity contribution in [2.45, 2.75) is 6.54 Å². The summed E-state index contributed by atoms with van der Waals surface area (Å²) in [6.45, 7) is 0.520. The molecule has 0 bridgehead atoms. The quantitative estimate of drug-likeness (QED) is 0.880. The number of carbonyl (C=O) groups is 1. The fourth-order valence-electron chi connectivity index (χ4n) is 1.64. The van der Waals surface area contributed by atoms with Gasteiger partial charge in [0, 0.05) is 33.4 Å². The molecule has 1 aromatic carbocycles. The number of aryl methyl sites for hydroxylation is 1. The molecule has 1 heterocycles. The third kappa shape index (κ3) is 3.23. The van der Waals surface area contributed by atoms with E-state index in [4.69, 9.17) is 0 Å². The molecule has 2 aromatic rings. The molecule has 0 radical (unpaired) electrons. The van der Waals surface area contributed by atoms with Gasteiger partial charge in [0.2, 0.25) is 0 Å². The van der Waals surface area contributed by atoms with Gasteiger partial charge in [0.1, 0.15) is 0 Å². The topological polar surface area (TPSA) is 34.0 Å². The second kappa shape index (κ2) is 5.71. The Morgan fingerprint density at radius 3 is 2.50 bits per heavy atom. The molecule has 0 unspecified atom stereocenters. The number of rotatable bonds is 3. The molecule has 2 rings (SSSR count). The maximum absolute atomic E-state index is 12.0. The number of aromatic nitrogens is 1. The van der Waals surface area contributed by atoms with Gasteiger partial charge in [-0.3, -0.25) is 4.79 Å². The molecule has 0 atom stereocenters. The molecule has 0 saturated carbocycles. The third-order valence-electron chi connectivity index (χ3n) is 2.61. The van der Waals surface area contributed by atoms with Gasteiger partial charge in [-0.2, -0.15) is 0 Å². The van der Waals surface area contributed by atoms with E-state index < -0.39 is 0 Å². The second-order valence-electron chi connectivity index (χ2n) is 3.95. The van der Waals surface area contributed by atoms with Crippen LogP contribution in [0.2, 0.25) is 0 Å². The summed E-state index contributed by atoms with van der Waals surface area (Å²) >= 11 is 6.74. The molecule has 1 aromatic heterocycles. The Morgan fingerprint density at radius 2 is 1.94 bits per heavy atom. The van der Waals surface area contributed by atoms with Crippen LogP contribution in [0.15, 0.2) is 45.5 Å². The zero-order valence-corrected chi connectivity index (χ0v) is 13.0. The monoisotopic (exact) mass is 370 g/mol. The fraction of sp³-hybridized carbons (Fsp3) is 0.154. The highest BCUT2D eigenvalue weighted by Gasteiger charge is 2.08. The number of carbonyl (C=O) groups excluding carboxylic acids is 1. The Bertz CT molecular complexity index is 558. The number of hydrogen-bond donors (Lipinski definition) is 1. The average molecular weight is 372 g/mol. The van der Waals surface area contributed by atoms with Crippen molar-refractivity contribution in [3.05, 3.63) is 56.7 Å². The van der Waals surface area contributed by atoms with Crippen molar-refractivity contribution >= 4 is 37.8 Å². The molecule has 0 aliphatic rings. The maximum atomic E-state index is 12.0. The molecule has 0 spiro atoms. The molecule has 0 aliphatic heterocycles. The summed E-state index contributed by atoms with van der Waals surface area (Å²) < 4.78 is 3.73. The molecule has 1 amide bonds. The summed E-state index contributed by atoms with van der Waals surface area (Å²) in [5.74, 6) is -0.0850. The minimum Gasteiger partial charge on any atom is -0.353 e. The first-order valence-electron chi connectivity index (χ1n) is 5.41. The van der Waals surface area contributed by atoms with E-state index in [0.717, 1.165) is 14.6 Å². The summed E-state index contributed by atoms with van der Waals surface area (Å²) in [5, 5.41) is 2.90. The molecule has 3 nitrogen and oxygen atoms in total. The van der Waals surface area contributed by atoms with Gasteiger partial charge in [0.05, 0.1) is 6.54 Å². The molecule has 94 valence electrons. The van der Waals surface area contributed by atoms with Gasteiger partial charge in [-0.1, -0.05) is 31.9 Å². The molecular weight excluding hydrogens is 360 g/mol. The minimum atomic E-state index is -0.0850. The molecule has 0 aliphatic carbocycles. The van der Waals surface area contributed by atoms with Crippen molar-refractivity contribution in [2.75, 3.05) is 0 Å². The van der Waals surface area contributed by atoms with Crippen LogP contribution in [-0.4, -0.2) is 10.5 Å². The largest absolute Gasteiger partial charge is 0.353 e. The van der Waals surface area contributed by atoms with E-state index in [1.807, 2.05) is 36.0 Å². The number of amides is 1. The van der Waals surface area contributed by atoms with E-state index in [0.29, 0.717) is 12.1 Å². The van der Waals surface area contributed by atoms with Crippen LogP contribution in [0.1, 0.15) is 16.1 Å². The van der Waals surface area contributed by atoms with E-state index in [2.05, 4.69) is 37.2 Å². The Labute approximate surface area is 122 Å². The van der Waals surface area contributed by atoms with Crippen LogP contribution in [-0.2, 0) is 13.6 Å². The summed E-state index contributed by atoms with van der Waals surface area (Å²) in [7, 11) is 1.96. The highest BCUT2D eigenvalue weighted by atomic mass is 79.9. The SMILES string of the molecule is Cn1cccc1CNC(=O)c1cc(Br)cc(Br)c1. The number of hydrogen-bond acceptors (Lipinski definition) is 1. The Morgan fingerprint density at radius 1 is 1.28 bits per heavy atom. The number of halogens is 2. The lowest BCUT2D eigenvalue weighted by molar-refractivity contribution is 0.0950. The van der Waals surface area contributed by atoms with E-state index in [9.17, 15) is 4.79 Å². The summed E-state index contributed by atoms with van der Waals surface area (Å²) in [4.78, 5) is 12.0. The van der Waals surface area contributed by atoms with E-state index in [1.165, 1.54) is 0 Å². The number of nitrogens with one attached hydrogen (secondary N) is 1. The highest BCUT2D eigenvalue weighted by molar-refractivity contribution is 9.11. The van der Waals surface area contributed by atoms with Gasteiger partial charge >= 0.3 is 0 Å². The third-order valence-corrected chi connectivity index (χ3v) is 3.52. The Balaban J connectivity index is 2.06. The highest BCUT2D eigenvalue weighted by Crippen LogP contribution is 2.20. The second-order valence-corrected chi connectivity index (χ2v) is 5.78. The Hall–Kier alpha value is -1.07. The van der Waals surface area contributed by atoms with Gasteiger partial charge in [0.15, 0.2) is 0 Å². The van der Waals surface area contributed by atoms with Crippen LogP contribution in [0.5, 0.6) is 0 Å². The van der Waals surface area contributed by atoms with Crippen LogP contribution in [0.3, 0.4) is 0 Å². The first-order chi connectivity index (χ1) is 8.56. The lowest BCUT2D eigenvalue weighted by Crippen LogP contribution is -2.23. The van der Waals surface area contributed by atoms with Crippen molar-refractivity contribution in [1.82, 2.24) is 9.88 Å². The van der Waals surface area contributed by atoms with Crippen LogP contribution in [0, 0.1) is 0 Å². The summed E-state index contributed by atoms with van der Waals surface area (Å²) in [5.41, 5.74) is 1.70. The van der Waals surface area contributed by atoms with Crippen molar-refractivity contribution in [1.29, 1.82) is 0 Å². The van der Waals surface area contributed by atoms with Crippen LogP contribution in [0.25, 0.3) is 0 Å². The normalized spacial score (nSPS) is 10.4. The van der Waals surface area contributed by atoms with E-state index >= 15 is 0 Å². The molecule has 1 N–H and O–H groups in total. The van der Waals surface area contributed by atoms with Gasteiger partial charge in [-0.25, -0.2) is 0 Å². The lowest BCUT2D eigenvalue weighted by atomic mass is 10.2. The number of nitrogens with zero attached hydrogens (tertiary/aromatic N) is 1. The van der Waals surface area contributed by atoms with Crippen LogP contribution in [0.4, 0.5) is 0 Å². The van der Waals surface area contributed by atoms with Gasteiger partial charge in [-0.15, -0.1) is 0 Å². The van der Waals surface area contributed by atoms with Crippen LogP contribution >= 0.6 is 31.9 Å². The molecule has 5 heteroatoms. The average Bonchev–Trinajstić information content (AvgIpc) is 2.70. The maximum Gasteiger partial charge on any atom is 0.251 e. The van der Waals surface area contributed by atoms with Crippen LogP contribution < -0.4 is 5.32 Å². The summed E-state index contributed by atoms with van der Waals surface area (Å²) in [6.07, 6.45) is 1.96. The molecule has 0 fully saturated rings. The summed E-state index contributed by atoms with van der Waals surface area (Å²) in [6, 6.07) is 9.43. The molecule has 18 heavy (non-hydrogen) atoms. The first kappa shape index (κ1) is 13.4. The van der Waals surface area contributed by atoms with Crippen molar-refractivity contribution in [3.63, 3.8) is 0 Å². The van der Waals surface area contributed by atoms with Gasteiger partial charge in [0.25, 0.3) is 5.91 Å². The zero-order valence-electron chi connectivity index (χ0n) is 9.78. The lowest BCUT2D eigenvalue weighted by Gasteiger charge is -2.07. The predicted octanol–water partition coefficient (Wildman–Crippen LogP) is 3.48. The minimum absolute atomic E-state index is 0.0850. The molecular formula is C13H12Br2N2O. The standard InChI is InChI=1S/C13H12Br2N2O/c1-17-4-2-3-12(17)8-16-13(18)9-5-10(14)7-11(15)6-9/h2-7H,8H2,1H3,(H,16,18). The van der Waals surface area contributed by atoms with Gasteiger partial charge < -0.3 is 9.88 Å². The van der Waals surface area contributed by atoms with Crippen molar-refractivity contribution in [3.8, 4) is 0 Å². The van der Waals surface area contributed by atoms with E-state index in [-0.39, 0.29) is 5.91 Å². The predicted molar refractivity (Wildman–Crippen MR) is 78.4 cm³/mol.